The van der Waals surface area contributed by atoms with Gasteiger partial charge in [0, 0.05) is 17.8 Å². The van der Waals surface area contributed by atoms with Crippen LogP contribution in [0.1, 0.15) is 39.5 Å². The van der Waals surface area contributed by atoms with Crippen molar-refractivity contribution < 1.29 is 9.53 Å². The van der Waals surface area contributed by atoms with Crippen molar-refractivity contribution in [1.82, 2.24) is 5.32 Å². The first-order chi connectivity index (χ1) is 8.60. The molecule has 18 heavy (non-hydrogen) atoms. The Morgan fingerprint density at radius 1 is 1.44 bits per heavy atom. The fraction of sp³-hybridized carbons (Fsp3) is 0.923. The molecule has 0 aliphatic carbocycles. The van der Waals surface area contributed by atoms with E-state index in [4.69, 9.17) is 10.5 Å². The number of hydrogen-bond acceptors (Lipinski definition) is 4. The van der Waals surface area contributed by atoms with Crippen molar-refractivity contribution in [2.75, 3.05) is 19.3 Å². The van der Waals surface area contributed by atoms with Gasteiger partial charge in [-0.2, -0.15) is 11.8 Å². The Bertz CT molecular complexity index is 261. The van der Waals surface area contributed by atoms with Crippen LogP contribution in [0.4, 0.5) is 0 Å². The summed E-state index contributed by atoms with van der Waals surface area (Å²) in [5.41, 5.74) is 5.54. The van der Waals surface area contributed by atoms with Gasteiger partial charge in [0.2, 0.25) is 5.91 Å². The van der Waals surface area contributed by atoms with Crippen molar-refractivity contribution >= 4 is 17.7 Å². The topological polar surface area (TPSA) is 64.4 Å². The number of amides is 1. The molecule has 0 unspecified atom stereocenters. The van der Waals surface area contributed by atoms with Crippen LogP contribution in [-0.4, -0.2) is 42.2 Å². The van der Waals surface area contributed by atoms with E-state index in [1.54, 1.807) is 0 Å². The summed E-state index contributed by atoms with van der Waals surface area (Å²) >= 11 is 1.83. The van der Waals surface area contributed by atoms with Crippen molar-refractivity contribution in [1.29, 1.82) is 0 Å². The molecular weight excluding hydrogens is 248 g/mol. The van der Waals surface area contributed by atoms with Gasteiger partial charge in [-0.15, -0.1) is 0 Å². The first-order valence-corrected chi connectivity index (χ1v) is 8.01. The van der Waals surface area contributed by atoms with E-state index < -0.39 is 0 Å². The number of rotatable bonds is 7. The highest BCUT2D eigenvalue weighted by Crippen LogP contribution is 2.29. The van der Waals surface area contributed by atoms with E-state index in [0.29, 0.717) is 13.1 Å². The SMILES string of the molecule is CCC(CC)(CNC(=O)[C@@H]1CC[C@H](CN)O1)SC. The van der Waals surface area contributed by atoms with Crippen LogP contribution in [0.2, 0.25) is 0 Å². The average Bonchev–Trinajstić information content (AvgIpc) is 2.89. The van der Waals surface area contributed by atoms with E-state index in [0.717, 1.165) is 25.7 Å². The molecular formula is C13H26N2O2S. The number of ether oxygens (including phenoxy) is 1. The maximum absolute atomic E-state index is 12.0. The van der Waals surface area contributed by atoms with Gasteiger partial charge in [-0.1, -0.05) is 13.8 Å². The van der Waals surface area contributed by atoms with E-state index in [1.807, 2.05) is 11.8 Å². The van der Waals surface area contributed by atoms with Gasteiger partial charge in [0.1, 0.15) is 6.10 Å². The molecule has 5 heteroatoms. The third-order valence-electron chi connectivity index (χ3n) is 3.97. The highest BCUT2D eigenvalue weighted by atomic mass is 32.2. The lowest BCUT2D eigenvalue weighted by atomic mass is 10.0. The minimum Gasteiger partial charge on any atom is -0.364 e. The summed E-state index contributed by atoms with van der Waals surface area (Å²) in [5.74, 6) is 0.0197. The second kappa shape index (κ2) is 7.36. The van der Waals surface area contributed by atoms with Crippen molar-refractivity contribution in [3.8, 4) is 0 Å². The molecule has 0 radical (unpaired) electrons. The summed E-state index contributed by atoms with van der Waals surface area (Å²) in [5, 5.41) is 3.04. The average molecular weight is 274 g/mol. The second-order valence-electron chi connectivity index (χ2n) is 4.87. The Morgan fingerprint density at radius 2 is 2.11 bits per heavy atom. The molecule has 2 atom stereocenters. The Hall–Kier alpha value is -0.260. The Labute approximate surface area is 114 Å². The molecule has 0 saturated carbocycles. The maximum atomic E-state index is 12.0. The van der Waals surface area contributed by atoms with E-state index in [2.05, 4.69) is 25.4 Å². The van der Waals surface area contributed by atoms with Crippen molar-refractivity contribution in [3.05, 3.63) is 0 Å². The molecule has 4 nitrogen and oxygen atoms in total. The molecule has 0 aromatic heterocycles. The van der Waals surface area contributed by atoms with Crippen molar-refractivity contribution in [3.63, 3.8) is 0 Å². The summed E-state index contributed by atoms with van der Waals surface area (Å²) in [6.45, 7) is 5.56. The second-order valence-corrected chi connectivity index (χ2v) is 6.15. The van der Waals surface area contributed by atoms with Gasteiger partial charge >= 0.3 is 0 Å². The summed E-state index contributed by atoms with van der Waals surface area (Å²) in [6, 6.07) is 0. The molecule has 1 aliphatic rings. The lowest BCUT2D eigenvalue weighted by molar-refractivity contribution is -0.131. The fourth-order valence-electron chi connectivity index (χ4n) is 2.29. The van der Waals surface area contributed by atoms with Gasteiger partial charge < -0.3 is 15.8 Å². The molecule has 3 N–H and O–H groups in total. The molecule has 1 saturated heterocycles. The van der Waals surface area contributed by atoms with Crippen LogP contribution in [-0.2, 0) is 9.53 Å². The van der Waals surface area contributed by atoms with Gasteiger partial charge in [-0.25, -0.2) is 0 Å². The zero-order chi connectivity index (χ0) is 13.6. The van der Waals surface area contributed by atoms with E-state index in [-0.39, 0.29) is 22.9 Å². The number of nitrogens with one attached hydrogen (secondary N) is 1. The quantitative estimate of drug-likeness (QED) is 0.739. The zero-order valence-corrected chi connectivity index (χ0v) is 12.5. The van der Waals surface area contributed by atoms with E-state index in [9.17, 15) is 4.79 Å². The predicted octanol–water partition coefficient (Wildman–Crippen LogP) is 1.53. The summed E-state index contributed by atoms with van der Waals surface area (Å²) in [6.07, 6.45) is 5.66. The van der Waals surface area contributed by atoms with Crippen LogP contribution in [0.15, 0.2) is 0 Å². The third-order valence-corrected chi connectivity index (χ3v) is 5.56. The first kappa shape index (κ1) is 15.8. The van der Waals surface area contributed by atoms with Gasteiger partial charge in [0.25, 0.3) is 0 Å². The normalized spacial score (nSPS) is 24.2. The highest BCUT2D eigenvalue weighted by Gasteiger charge is 2.32. The molecule has 1 aliphatic heterocycles. The monoisotopic (exact) mass is 274 g/mol. The van der Waals surface area contributed by atoms with E-state index >= 15 is 0 Å². The molecule has 1 heterocycles. The number of thioether (sulfide) groups is 1. The van der Waals surface area contributed by atoms with Crippen LogP contribution >= 0.6 is 11.8 Å². The van der Waals surface area contributed by atoms with Crippen LogP contribution < -0.4 is 11.1 Å². The lowest BCUT2D eigenvalue weighted by Crippen LogP contribution is -2.43. The Balaban J connectivity index is 2.41. The van der Waals surface area contributed by atoms with Crippen LogP contribution in [0.5, 0.6) is 0 Å². The largest absolute Gasteiger partial charge is 0.364 e. The molecule has 0 aromatic carbocycles. The number of nitrogens with two attached hydrogens (primary N) is 1. The maximum Gasteiger partial charge on any atom is 0.249 e. The molecule has 0 spiro atoms. The standard InChI is InChI=1S/C13H26N2O2S/c1-4-13(5-2,18-3)9-15-12(16)11-7-6-10(8-14)17-11/h10-11H,4-9,14H2,1-3H3,(H,15,16)/t10-,11+/m1/s1. The smallest absolute Gasteiger partial charge is 0.249 e. The summed E-state index contributed by atoms with van der Waals surface area (Å²) < 4.78 is 5.75. The number of carbonyl (C=O) groups is 1. The predicted molar refractivity (Wildman–Crippen MR) is 76.8 cm³/mol. The summed E-state index contributed by atoms with van der Waals surface area (Å²) in [7, 11) is 0. The van der Waals surface area contributed by atoms with Crippen molar-refractivity contribution in [2.24, 2.45) is 5.73 Å². The van der Waals surface area contributed by atoms with Gasteiger partial charge in [0.05, 0.1) is 6.10 Å². The minimum atomic E-state index is -0.299. The fourth-order valence-corrected chi connectivity index (χ4v) is 3.09. The van der Waals surface area contributed by atoms with Gasteiger partial charge in [-0.3, -0.25) is 4.79 Å². The molecule has 1 amide bonds. The molecule has 0 bridgehead atoms. The highest BCUT2D eigenvalue weighted by molar-refractivity contribution is 8.00. The van der Waals surface area contributed by atoms with Gasteiger partial charge in [0.15, 0.2) is 0 Å². The van der Waals surface area contributed by atoms with Crippen molar-refractivity contribution in [2.45, 2.75) is 56.5 Å². The minimum absolute atomic E-state index is 0.0197. The Morgan fingerprint density at radius 3 is 2.56 bits per heavy atom. The van der Waals surface area contributed by atoms with Gasteiger partial charge in [-0.05, 0) is 31.9 Å². The Kier molecular flexibility index (Phi) is 6.46. The van der Waals surface area contributed by atoms with Crippen LogP contribution in [0.25, 0.3) is 0 Å². The first-order valence-electron chi connectivity index (χ1n) is 6.79. The van der Waals surface area contributed by atoms with E-state index in [1.165, 1.54) is 0 Å². The number of carbonyl (C=O) groups excluding carboxylic acids is 1. The third kappa shape index (κ3) is 3.87. The molecule has 1 rings (SSSR count). The van der Waals surface area contributed by atoms with Crippen LogP contribution in [0, 0.1) is 0 Å². The summed E-state index contributed by atoms with van der Waals surface area (Å²) in [4.78, 5) is 12.0. The molecule has 106 valence electrons. The zero-order valence-electron chi connectivity index (χ0n) is 11.7. The molecule has 1 fully saturated rings. The molecule has 0 aromatic rings. The number of hydrogen-bond donors (Lipinski definition) is 2. The van der Waals surface area contributed by atoms with Crippen LogP contribution in [0.3, 0.4) is 0 Å². The lowest BCUT2D eigenvalue weighted by Gasteiger charge is -2.30.